The van der Waals surface area contributed by atoms with Crippen molar-refractivity contribution in [2.75, 3.05) is 19.6 Å². The highest BCUT2D eigenvalue weighted by Crippen LogP contribution is 2.36. The molecule has 2 heterocycles. The van der Waals surface area contributed by atoms with Gasteiger partial charge in [0.15, 0.2) is 0 Å². The van der Waals surface area contributed by atoms with Gasteiger partial charge in [0.1, 0.15) is 0 Å². The molecule has 2 fully saturated rings. The van der Waals surface area contributed by atoms with E-state index in [0.29, 0.717) is 17.9 Å². The van der Waals surface area contributed by atoms with Gasteiger partial charge in [-0.1, -0.05) is 20.8 Å². The van der Waals surface area contributed by atoms with Gasteiger partial charge in [0, 0.05) is 19.1 Å². The largest absolute Gasteiger partial charge is 0.339 e. The van der Waals surface area contributed by atoms with E-state index in [0.717, 1.165) is 38.9 Å². The van der Waals surface area contributed by atoms with Gasteiger partial charge in [0.05, 0.1) is 5.41 Å². The summed E-state index contributed by atoms with van der Waals surface area (Å²) in [6.07, 6.45) is 5.55. The molecule has 0 aromatic carbocycles. The predicted molar refractivity (Wildman–Crippen MR) is 74.4 cm³/mol. The lowest BCUT2D eigenvalue weighted by molar-refractivity contribution is -0.145. The number of nitrogens with zero attached hydrogens (tertiary/aromatic N) is 1. The lowest BCUT2D eigenvalue weighted by atomic mass is 9.76. The van der Waals surface area contributed by atoms with Crippen molar-refractivity contribution >= 4 is 5.91 Å². The number of hydrogen-bond acceptors (Lipinski definition) is 2. The van der Waals surface area contributed by atoms with Crippen LogP contribution >= 0.6 is 0 Å². The van der Waals surface area contributed by atoms with Crippen LogP contribution in [0.2, 0.25) is 0 Å². The summed E-state index contributed by atoms with van der Waals surface area (Å²) in [6.45, 7) is 9.59. The van der Waals surface area contributed by atoms with E-state index in [4.69, 9.17) is 0 Å². The van der Waals surface area contributed by atoms with E-state index in [1.54, 1.807) is 0 Å². The van der Waals surface area contributed by atoms with Crippen molar-refractivity contribution in [3.63, 3.8) is 0 Å². The number of piperidine rings is 1. The van der Waals surface area contributed by atoms with E-state index in [-0.39, 0.29) is 5.41 Å². The molecular formula is C15H28N2O. The van der Waals surface area contributed by atoms with Gasteiger partial charge in [0.2, 0.25) is 5.91 Å². The Morgan fingerprint density at radius 3 is 2.78 bits per heavy atom. The number of rotatable bonds is 3. The molecule has 0 radical (unpaired) electrons. The van der Waals surface area contributed by atoms with E-state index in [9.17, 15) is 4.79 Å². The second kappa shape index (κ2) is 5.60. The summed E-state index contributed by atoms with van der Waals surface area (Å²) >= 11 is 0. The second-order valence-electron chi connectivity index (χ2n) is 6.37. The fourth-order valence-corrected chi connectivity index (χ4v) is 3.65. The Labute approximate surface area is 111 Å². The minimum absolute atomic E-state index is 0.115. The average molecular weight is 252 g/mol. The molecule has 0 aromatic rings. The normalized spacial score (nSPS) is 33.1. The Hall–Kier alpha value is -0.570. The van der Waals surface area contributed by atoms with E-state index in [2.05, 4.69) is 31.0 Å². The molecule has 18 heavy (non-hydrogen) atoms. The number of nitrogens with one attached hydrogen (secondary N) is 1. The van der Waals surface area contributed by atoms with Gasteiger partial charge >= 0.3 is 0 Å². The van der Waals surface area contributed by atoms with Crippen LogP contribution in [0, 0.1) is 11.3 Å². The first kappa shape index (κ1) is 13.9. The zero-order valence-electron chi connectivity index (χ0n) is 12.2. The molecule has 0 aromatic heterocycles. The zero-order chi connectivity index (χ0) is 13.2. The van der Waals surface area contributed by atoms with E-state index >= 15 is 0 Å². The van der Waals surface area contributed by atoms with Crippen LogP contribution < -0.4 is 5.32 Å². The van der Waals surface area contributed by atoms with Crippen molar-refractivity contribution in [1.82, 2.24) is 10.2 Å². The molecule has 0 aliphatic carbocycles. The van der Waals surface area contributed by atoms with E-state index in [1.807, 2.05) is 0 Å². The lowest BCUT2D eigenvalue weighted by Crippen LogP contribution is -2.53. The van der Waals surface area contributed by atoms with Gasteiger partial charge < -0.3 is 10.2 Å². The summed E-state index contributed by atoms with van der Waals surface area (Å²) in [5.74, 6) is 1.01. The number of carbonyl (C=O) groups excluding carboxylic acids is 1. The number of amides is 1. The van der Waals surface area contributed by atoms with Gasteiger partial charge in [-0.15, -0.1) is 0 Å². The third-order valence-electron chi connectivity index (χ3n) is 4.93. The maximum absolute atomic E-state index is 13.0. The smallest absolute Gasteiger partial charge is 0.230 e. The van der Waals surface area contributed by atoms with Gasteiger partial charge in [-0.2, -0.15) is 0 Å². The third-order valence-corrected chi connectivity index (χ3v) is 4.93. The molecule has 2 saturated heterocycles. The minimum atomic E-state index is -0.115. The van der Waals surface area contributed by atoms with Crippen LogP contribution in [0.4, 0.5) is 0 Å². The maximum Gasteiger partial charge on any atom is 0.230 e. The van der Waals surface area contributed by atoms with Crippen LogP contribution in [0.25, 0.3) is 0 Å². The summed E-state index contributed by atoms with van der Waals surface area (Å²) in [5, 5.41) is 3.43. The first-order valence-corrected chi connectivity index (χ1v) is 7.62. The number of hydrogen-bond donors (Lipinski definition) is 1. The Bertz CT molecular complexity index is 295. The number of likely N-dealkylation sites (tertiary alicyclic amines) is 1. The van der Waals surface area contributed by atoms with Crippen LogP contribution in [-0.4, -0.2) is 36.5 Å². The molecule has 1 N–H and O–H groups in total. The highest BCUT2D eigenvalue weighted by atomic mass is 16.2. The van der Waals surface area contributed by atoms with Crippen LogP contribution in [0.5, 0.6) is 0 Å². The molecule has 3 heteroatoms. The topological polar surface area (TPSA) is 32.3 Å². The summed E-state index contributed by atoms with van der Waals surface area (Å²) in [5.41, 5.74) is -0.115. The highest BCUT2D eigenvalue weighted by molar-refractivity contribution is 5.83. The first-order chi connectivity index (χ1) is 8.60. The molecular weight excluding hydrogens is 224 g/mol. The Kier molecular flexibility index (Phi) is 4.31. The monoisotopic (exact) mass is 252 g/mol. The lowest BCUT2D eigenvalue weighted by Gasteiger charge is -2.41. The summed E-state index contributed by atoms with van der Waals surface area (Å²) < 4.78 is 0. The van der Waals surface area contributed by atoms with Crippen LogP contribution in [0.1, 0.15) is 52.9 Å². The van der Waals surface area contributed by atoms with Crippen LogP contribution in [0.3, 0.4) is 0 Å². The molecule has 2 aliphatic heterocycles. The fraction of sp³-hybridized carbons (Fsp3) is 0.933. The number of carbonyl (C=O) groups is 1. The SMILES string of the molecule is CCC1(C(=O)N2CCCC2C(C)C)CCCNC1. The highest BCUT2D eigenvalue weighted by Gasteiger charge is 2.44. The molecule has 0 saturated carbocycles. The first-order valence-electron chi connectivity index (χ1n) is 7.62. The Balaban J connectivity index is 2.13. The molecule has 2 aliphatic rings. The van der Waals surface area contributed by atoms with Crippen molar-refractivity contribution < 1.29 is 4.79 Å². The zero-order valence-corrected chi connectivity index (χ0v) is 12.2. The molecule has 2 unspecified atom stereocenters. The standard InChI is InChI=1S/C15H28N2O/c1-4-15(8-6-9-16-11-15)14(18)17-10-5-7-13(17)12(2)3/h12-13,16H,4-11H2,1-3H3. The van der Waals surface area contributed by atoms with Crippen molar-refractivity contribution in [2.24, 2.45) is 11.3 Å². The van der Waals surface area contributed by atoms with Gasteiger partial charge in [-0.3, -0.25) is 4.79 Å². The molecule has 104 valence electrons. The fourth-order valence-electron chi connectivity index (χ4n) is 3.65. The molecule has 0 spiro atoms. The van der Waals surface area contributed by atoms with Crippen molar-refractivity contribution in [2.45, 2.75) is 58.9 Å². The quantitative estimate of drug-likeness (QED) is 0.836. The second-order valence-corrected chi connectivity index (χ2v) is 6.37. The summed E-state index contributed by atoms with van der Waals surface area (Å²) in [4.78, 5) is 15.1. The molecule has 3 nitrogen and oxygen atoms in total. The Morgan fingerprint density at radius 2 is 2.22 bits per heavy atom. The van der Waals surface area contributed by atoms with Crippen LogP contribution in [0.15, 0.2) is 0 Å². The van der Waals surface area contributed by atoms with Gasteiger partial charge in [-0.25, -0.2) is 0 Å². The third kappa shape index (κ3) is 2.42. The molecule has 2 atom stereocenters. The maximum atomic E-state index is 13.0. The van der Waals surface area contributed by atoms with Gasteiger partial charge in [0.25, 0.3) is 0 Å². The van der Waals surface area contributed by atoms with E-state index < -0.39 is 0 Å². The summed E-state index contributed by atoms with van der Waals surface area (Å²) in [6, 6.07) is 0.475. The summed E-state index contributed by atoms with van der Waals surface area (Å²) in [7, 11) is 0. The van der Waals surface area contributed by atoms with Crippen molar-refractivity contribution in [3.8, 4) is 0 Å². The van der Waals surface area contributed by atoms with Crippen molar-refractivity contribution in [3.05, 3.63) is 0 Å². The van der Waals surface area contributed by atoms with Gasteiger partial charge in [-0.05, 0) is 44.6 Å². The Morgan fingerprint density at radius 1 is 1.44 bits per heavy atom. The van der Waals surface area contributed by atoms with E-state index in [1.165, 1.54) is 12.8 Å². The van der Waals surface area contributed by atoms with Crippen LogP contribution in [-0.2, 0) is 4.79 Å². The molecule has 1 amide bonds. The molecule has 2 rings (SSSR count). The minimum Gasteiger partial charge on any atom is -0.339 e. The molecule has 0 bridgehead atoms. The predicted octanol–water partition coefficient (Wildman–Crippen LogP) is 2.41. The van der Waals surface area contributed by atoms with Crippen molar-refractivity contribution in [1.29, 1.82) is 0 Å². The average Bonchev–Trinajstić information content (AvgIpc) is 2.88.